The number of hydrogen-bond donors (Lipinski definition) is 0. The summed E-state index contributed by atoms with van der Waals surface area (Å²) < 4.78 is 5.35. The van der Waals surface area contributed by atoms with Gasteiger partial charge in [0.05, 0.1) is 24.4 Å². The Bertz CT molecular complexity index is 767. The van der Waals surface area contributed by atoms with Gasteiger partial charge in [0, 0.05) is 37.6 Å². The predicted octanol–water partition coefficient (Wildman–Crippen LogP) is 2.11. The van der Waals surface area contributed by atoms with Gasteiger partial charge in [0.1, 0.15) is 0 Å². The molecule has 4 rings (SSSR count). The molecule has 2 aromatic rings. The van der Waals surface area contributed by atoms with Crippen LogP contribution in [0.2, 0.25) is 0 Å². The van der Waals surface area contributed by atoms with E-state index in [1.807, 2.05) is 29.2 Å². The molecule has 2 aliphatic heterocycles. The van der Waals surface area contributed by atoms with Gasteiger partial charge in [0.15, 0.2) is 0 Å². The summed E-state index contributed by atoms with van der Waals surface area (Å²) >= 11 is 0. The highest BCUT2D eigenvalue weighted by Crippen LogP contribution is 2.42. The molecule has 25 heavy (non-hydrogen) atoms. The fourth-order valence-electron chi connectivity index (χ4n) is 4.02. The van der Waals surface area contributed by atoms with Crippen molar-refractivity contribution in [3.63, 3.8) is 0 Å². The van der Waals surface area contributed by atoms with Gasteiger partial charge in [0.2, 0.25) is 11.8 Å². The van der Waals surface area contributed by atoms with Crippen molar-refractivity contribution in [2.24, 2.45) is 5.41 Å². The number of amides is 1. The molecule has 0 N–H and O–H groups in total. The van der Waals surface area contributed by atoms with Crippen LogP contribution in [0.25, 0.3) is 0 Å². The van der Waals surface area contributed by atoms with E-state index in [1.54, 1.807) is 25.7 Å². The third kappa shape index (κ3) is 2.87. The van der Waals surface area contributed by atoms with Crippen molar-refractivity contribution < 1.29 is 9.53 Å². The molecule has 6 heteroatoms. The summed E-state index contributed by atoms with van der Waals surface area (Å²) in [6.45, 7) is 3.25. The Balaban J connectivity index is 1.48. The van der Waals surface area contributed by atoms with Gasteiger partial charge < -0.3 is 9.64 Å². The first-order valence-electron chi connectivity index (χ1n) is 8.64. The molecule has 0 aromatic carbocycles. The van der Waals surface area contributed by atoms with Gasteiger partial charge in [-0.05, 0) is 37.6 Å². The summed E-state index contributed by atoms with van der Waals surface area (Å²) in [7, 11) is 1.64. The lowest BCUT2D eigenvalue weighted by Crippen LogP contribution is -2.37. The van der Waals surface area contributed by atoms with Crippen molar-refractivity contribution in [2.75, 3.05) is 31.6 Å². The second kappa shape index (κ2) is 6.44. The zero-order valence-corrected chi connectivity index (χ0v) is 14.4. The third-order valence-corrected chi connectivity index (χ3v) is 5.34. The molecular formula is C19H22N4O2. The van der Waals surface area contributed by atoms with Crippen LogP contribution in [-0.4, -0.2) is 47.5 Å². The quantitative estimate of drug-likeness (QED) is 0.855. The van der Waals surface area contributed by atoms with Gasteiger partial charge in [-0.3, -0.25) is 14.7 Å². The van der Waals surface area contributed by atoms with E-state index in [4.69, 9.17) is 4.74 Å². The standard InChI is InChI=1S/C19H22N4O2/c1-25-17-15(4-2-9-21-17)13-22-10-6-19(14-22)7-11-23(18(19)24)16-5-3-8-20-12-16/h2-5,8-9,12H,6-7,10-11,13-14H2,1H3/t19-/m1/s1. The highest BCUT2D eigenvalue weighted by molar-refractivity contribution is 6.00. The molecule has 0 aliphatic carbocycles. The van der Waals surface area contributed by atoms with E-state index in [9.17, 15) is 4.79 Å². The van der Waals surface area contributed by atoms with Crippen molar-refractivity contribution in [2.45, 2.75) is 19.4 Å². The van der Waals surface area contributed by atoms with Crippen molar-refractivity contribution >= 4 is 11.6 Å². The first-order valence-corrected chi connectivity index (χ1v) is 8.64. The van der Waals surface area contributed by atoms with Crippen molar-refractivity contribution in [1.82, 2.24) is 14.9 Å². The molecule has 2 fully saturated rings. The summed E-state index contributed by atoms with van der Waals surface area (Å²) in [5.74, 6) is 0.902. The molecule has 130 valence electrons. The van der Waals surface area contributed by atoms with E-state index in [-0.39, 0.29) is 11.3 Å². The van der Waals surface area contributed by atoms with Crippen LogP contribution in [0.4, 0.5) is 5.69 Å². The number of likely N-dealkylation sites (tertiary alicyclic amines) is 1. The van der Waals surface area contributed by atoms with Crippen LogP contribution in [0.15, 0.2) is 42.9 Å². The molecular weight excluding hydrogens is 316 g/mol. The number of hydrogen-bond acceptors (Lipinski definition) is 5. The SMILES string of the molecule is COc1ncccc1CN1CC[C@@]2(CCN(c3cccnc3)C2=O)C1. The zero-order chi connectivity index (χ0) is 17.3. The first-order chi connectivity index (χ1) is 12.2. The largest absolute Gasteiger partial charge is 0.481 e. The minimum Gasteiger partial charge on any atom is -0.481 e. The molecule has 1 atom stereocenters. The van der Waals surface area contributed by atoms with Gasteiger partial charge in [-0.1, -0.05) is 6.07 Å². The second-order valence-corrected chi connectivity index (χ2v) is 6.83. The molecule has 2 saturated heterocycles. The fourth-order valence-corrected chi connectivity index (χ4v) is 4.02. The number of anilines is 1. The molecule has 1 spiro atoms. The Labute approximate surface area is 147 Å². The minimum absolute atomic E-state index is 0.237. The highest BCUT2D eigenvalue weighted by atomic mass is 16.5. The Kier molecular flexibility index (Phi) is 4.13. The summed E-state index contributed by atoms with van der Waals surface area (Å²) in [5.41, 5.74) is 1.71. The molecule has 0 unspecified atom stereocenters. The van der Waals surface area contributed by atoms with E-state index in [0.717, 1.165) is 50.3 Å². The summed E-state index contributed by atoms with van der Waals surface area (Å²) in [6.07, 6.45) is 7.05. The Morgan fingerprint density at radius 3 is 2.84 bits per heavy atom. The normalized spacial score (nSPS) is 23.6. The van der Waals surface area contributed by atoms with Gasteiger partial charge >= 0.3 is 0 Å². The number of aromatic nitrogens is 2. The molecule has 6 nitrogen and oxygen atoms in total. The summed E-state index contributed by atoms with van der Waals surface area (Å²) in [5, 5.41) is 0. The topological polar surface area (TPSA) is 58.6 Å². The van der Waals surface area contributed by atoms with Crippen molar-refractivity contribution in [3.05, 3.63) is 48.4 Å². The molecule has 1 amide bonds. The third-order valence-electron chi connectivity index (χ3n) is 5.34. The predicted molar refractivity (Wildman–Crippen MR) is 94.3 cm³/mol. The average molecular weight is 338 g/mol. The first kappa shape index (κ1) is 16.0. The maximum absolute atomic E-state index is 13.1. The van der Waals surface area contributed by atoms with Crippen LogP contribution in [0.1, 0.15) is 18.4 Å². The van der Waals surface area contributed by atoms with Crippen LogP contribution >= 0.6 is 0 Å². The van der Waals surface area contributed by atoms with E-state index in [0.29, 0.717) is 5.88 Å². The molecule has 2 aliphatic rings. The van der Waals surface area contributed by atoms with Crippen LogP contribution in [-0.2, 0) is 11.3 Å². The van der Waals surface area contributed by atoms with Crippen molar-refractivity contribution in [3.8, 4) is 5.88 Å². The van der Waals surface area contributed by atoms with Gasteiger partial charge in [-0.15, -0.1) is 0 Å². The number of ether oxygens (including phenoxy) is 1. The lowest BCUT2D eigenvalue weighted by atomic mass is 9.85. The Morgan fingerprint density at radius 1 is 1.20 bits per heavy atom. The number of nitrogens with zero attached hydrogens (tertiary/aromatic N) is 4. The van der Waals surface area contributed by atoms with Gasteiger partial charge in [-0.2, -0.15) is 0 Å². The summed E-state index contributed by atoms with van der Waals surface area (Å²) in [4.78, 5) is 25.7. The Morgan fingerprint density at radius 2 is 2.04 bits per heavy atom. The van der Waals surface area contributed by atoms with Crippen LogP contribution in [0.3, 0.4) is 0 Å². The van der Waals surface area contributed by atoms with Crippen LogP contribution in [0, 0.1) is 5.41 Å². The monoisotopic (exact) mass is 338 g/mol. The maximum Gasteiger partial charge on any atom is 0.234 e. The number of rotatable bonds is 4. The Hall–Kier alpha value is -2.47. The minimum atomic E-state index is -0.259. The summed E-state index contributed by atoms with van der Waals surface area (Å²) in [6, 6.07) is 7.80. The van der Waals surface area contributed by atoms with Crippen LogP contribution in [0.5, 0.6) is 5.88 Å². The molecule has 0 radical (unpaired) electrons. The van der Waals surface area contributed by atoms with Gasteiger partial charge in [0.25, 0.3) is 0 Å². The van der Waals surface area contributed by atoms with E-state index in [2.05, 4.69) is 14.9 Å². The smallest absolute Gasteiger partial charge is 0.234 e. The second-order valence-electron chi connectivity index (χ2n) is 6.83. The number of methoxy groups -OCH3 is 1. The van der Waals surface area contributed by atoms with Gasteiger partial charge in [-0.25, -0.2) is 4.98 Å². The van der Waals surface area contributed by atoms with Crippen molar-refractivity contribution in [1.29, 1.82) is 0 Å². The van der Waals surface area contributed by atoms with E-state index < -0.39 is 0 Å². The number of carbonyl (C=O) groups excluding carboxylic acids is 1. The number of carbonyl (C=O) groups is 1. The lowest BCUT2D eigenvalue weighted by molar-refractivity contribution is -0.125. The molecule has 2 aromatic heterocycles. The highest BCUT2D eigenvalue weighted by Gasteiger charge is 2.51. The fraction of sp³-hybridized carbons (Fsp3) is 0.421. The van der Waals surface area contributed by atoms with E-state index >= 15 is 0 Å². The molecule has 4 heterocycles. The maximum atomic E-state index is 13.1. The van der Waals surface area contributed by atoms with E-state index in [1.165, 1.54) is 0 Å². The number of pyridine rings is 2. The lowest BCUT2D eigenvalue weighted by Gasteiger charge is -2.24. The average Bonchev–Trinajstić information content (AvgIpc) is 3.21. The van der Waals surface area contributed by atoms with Crippen LogP contribution < -0.4 is 9.64 Å². The molecule has 0 saturated carbocycles. The zero-order valence-electron chi connectivity index (χ0n) is 14.4. The molecule has 0 bridgehead atoms.